The van der Waals surface area contributed by atoms with Crippen molar-refractivity contribution in [3.8, 4) is 5.69 Å². The van der Waals surface area contributed by atoms with Crippen molar-refractivity contribution in [2.45, 2.75) is 24.8 Å². The Morgan fingerprint density at radius 3 is 2.68 bits per heavy atom. The molecule has 0 aliphatic carbocycles. The molecule has 1 aromatic heterocycles. The third kappa shape index (κ3) is 3.18. The van der Waals surface area contributed by atoms with Gasteiger partial charge in [-0.05, 0) is 42.7 Å². The molecule has 3 aromatic rings. The quantitative estimate of drug-likeness (QED) is 0.642. The van der Waals surface area contributed by atoms with E-state index in [0.717, 1.165) is 27.2 Å². The average Bonchev–Trinajstić information content (AvgIpc) is 2.98. The van der Waals surface area contributed by atoms with E-state index in [4.69, 9.17) is 11.6 Å². The second-order valence-corrected chi connectivity index (χ2v) is 6.48. The SMILES string of the molecule is Cc1ccc(-n2cnnc2SCc2ccccc2C)cc1Cl. The van der Waals surface area contributed by atoms with Crippen LogP contribution in [0.25, 0.3) is 5.69 Å². The van der Waals surface area contributed by atoms with Gasteiger partial charge in [0.2, 0.25) is 0 Å². The van der Waals surface area contributed by atoms with Crippen molar-refractivity contribution in [2.75, 3.05) is 0 Å². The van der Waals surface area contributed by atoms with E-state index >= 15 is 0 Å². The fraction of sp³-hybridized carbons (Fsp3) is 0.176. The van der Waals surface area contributed by atoms with Gasteiger partial charge < -0.3 is 0 Å². The molecule has 0 bridgehead atoms. The van der Waals surface area contributed by atoms with Crippen LogP contribution in [0.4, 0.5) is 0 Å². The number of benzene rings is 2. The summed E-state index contributed by atoms with van der Waals surface area (Å²) in [4.78, 5) is 0. The average molecular weight is 330 g/mol. The topological polar surface area (TPSA) is 30.7 Å². The summed E-state index contributed by atoms with van der Waals surface area (Å²) in [6, 6.07) is 14.4. The van der Waals surface area contributed by atoms with Crippen LogP contribution < -0.4 is 0 Å². The molecule has 3 nitrogen and oxygen atoms in total. The number of nitrogens with zero attached hydrogens (tertiary/aromatic N) is 3. The standard InChI is InChI=1S/C17H16ClN3S/c1-12-5-3-4-6-14(12)10-22-17-20-19-11-21(17)15-8-7-13(2)16(18)9-15/h3-9,11H,10H2,1-2H3. The van der Waals surface area contributed by atoms with Crippen molar-refractivity contribution >= 4 is 23.4 Å². The summed E-state index contributed by atoms with van der Waals surface area (Å²) in [7, 11) is 0. The summed E-state index contributed by atoms with van der Waals surface area (Å²) >= 11 is 7.89. The Balaban J connectivity index is 1.83. The molecule has 0 spiro atoms. The molecule has 2 aromatic carbocycles. The minimum Gasteiger partial charge on any atom is -0.277 e. The van der Waals surface area contributed by atoms with E-state index in [1.807, 2.05) is 29.7 Å². The van der Waals surface area contributed by atoms with Crippen LogP contribution in [0, 0.1) is 13.8 Å². The van der Waals surface area contributed by atoms with Gasteiger partial charge in [0, 0.05) is 10.8 Å². The Hall–Kier alpha value is -1.78. The maximum atomic E-state index is 6.22. The monoisotopic (exact) mass is 329 g/mol. The fourth-order valence-corrected chi connectivity index (χ4v) is 3.33. The molecule has 0 saturated heterocycles. The van der Waals surface area contributed by atoms with Crippen molar-refractivity contribution in [3.05, 3.63) is 70.5 Å². The van der Waals surface area contributed by atoms with Crippen LogP contribution in [-0.2, 0) is 5.75 Å². The van der Waals surface area contributed by atoms with Crippen LogP contribution >= 0.6 is 23.4 Å². The van der Waals surface area contributed by atoms with Crippen molar-refractivity contribution in [1.29, 1.82) is 0 Å². The predicted molar refractivity (Wildman–Crippen MR) is 91.8 cm³/mol. The van der Waals surface area contributed by atoms with Crippen molar-refractivity contribution in [2.24, 2.45) is 0 Å². The smallest absolute Gasteiger partial charge is 0.195 e. The van der Waals surface area contributed by atoms with E-state index in [-0.39, 0.29) is 0 Å². The van der Waals surface area contributed by atoms with Gasteiger partial charge in [-0.2, -0.15) is 0 Å². The number of hydrogen-bond donors (Lipinski definition) is 0. The number of hydrogen-bond acceptors (Lipinski definition) is 3. The molecule has 22 heavy (non-hydrogen) atoms. The van der Waals surface area contributed by atoms with Gasteiger partial charge in [-0.3, -0.25) is 4.57 Å². The fourth-order valence-electron chi connectivity index (χ4n) is 2.15. The number of aryl methyl sites for hydroxylation is 2. The molecule has 1 heterocycles. The van der Waals surface area contributed by atoms with Crippen LogP contribution in [0.5, 0.6) is 0 Å². The van der Waals surface area contributed by atoms with Crippen LogP contribution in [-0.4, -0.2) is 14.8 Å². The van der Waals surface area contributed by atoms with Gasteiger partial charge >= 0.3 is 0 Å². The normalized spacial score (nSPS) is 10.9. The zero-order valence-electron chi connectivity index (χ0n) is 12.5. The predicted octanol–water partition coefficient (Wildman–Crippen LogP) is 4.83. The van der Waals surface area contributed by atoms with Gasteiger partial charge in [-0.25, -0.2) is 0 Å². The first kappa shape index (κ1) is 15.1. The Labute approximate surface area is 139 Å². The highest BCUT2D eigenvalue weighted by Crippen LogP contribution is 2.26. The maximum Gasteiger partial charge on any atom is 0.195 e. The third-order valence-electron chi connectivity index (χ3n) is 3.57. The Kier molecular flexibility index (Phi) is 4.50. The lowest BCUT2D eigenvalue weighted by Crippen LogP contribution is -1.96. The third-order valence-corrected chi connectivity index (χ3v) is 4.97. The summed E-state index contributed by atoms with van der Waals surface area (Å²) in [6.07, 6.45) is 1.72. The number of aromatic nitrogens is 3. The van der Waals surface area contributed by atoms with Crippen LogP contribution in [0.1, 0.15) is 16.7 Å². The van der Waals surface area contributed by atoms with Crippen LogP contribution in [0.3, 0.4) is 0 Å². The minimum absolute atomic E-state index is 0.751. The Morgan fingerprint density at radius 1 is 1.09 bits per heavy atom. The number of halogens is 1. The minimum atomic E-state index is 0.751. The second kappa shape index (κ2) is 6.55. The summed E-state index contributed by atoms with van der Waals surface area (Å²) in [5.41, 5.74) is 4.64. The molecule has 0 atom stereocenters. The first-order valence-electron chi connectivity index (χ1n) is 6.99. The second-order valence-electron chi connectivity index (χ2n) is 5.13. The van der Waals surface area contributed by atoms with E-state index in [1.54, 1.807) is 18.1 Å². The summed E-state index contributed by atoms with van der Waals surface area (Å²) in [6.45, 7) is 4.12. The summed E-state index contributed by atoms with van der Waals surface area (Å²) in [5, 5.41) is 9.87. The Morgan fingerprint density at radius 2 is 1.91 bits per heavy atom. The van der Waals surface area contributed by atoms with E-state index in [0.29, 0.717) is 0 Å². The van der Waals surface area contributed by atoms with Gasteiger partial charge in [-0.15, -0.1) is 10.2 Å². The number of thioether (sulfide) groups is 1. The highest BCUT2D eigenvalue weighted by Gasteiger charge is 2.09. The van der Waals surface area contributed by atoms with Crippen molar-refractivity contribution in [1.82, 2.24) is 14.8 Å². The van der Waals surface area contributed by atoms with Gasteiger partial charge in [0.05, 0.1) is 5.69 Å². The molecule has 3 rings (SSSR count). The number of rotatable bonds is 4. The lowest BCUT2D eigenvalue weighted by molar-refractivity contribution is 0.883. The molecule has 0 saturated carbocycles. The molecule has 112 valence electrons. The van der Waals surface area contributed by atoms with E-state index in [1.165, 1.54) is 11.1 Å². The molecule has 0 amide bonds. The molecular weight excluding hydrogens is 314 g/mol. The first-order chi connectivity index (χ1) is 10.6. The van der Waals surface area contributed by atoms with Gasteiger partial charge in [0.15, 0.2) is 5.16 Å². The van der Waals surface area contributed by atoms with Gasteiger partial charge in [0.1, 0.15) is 6.33 Å². The van der Waals surface area contributed by atoms with E-state index in [9.17, 15) is 0 Å². The lowest BCUT2D eigenvalue weighted by atomic mass is 10.1. The molecule has 0 aliphatic rings. The van der Waals surface area contributed by atoms with E-state index < -0.39 is 0 Å². The zero-order valence-corrected chi connectivity index (χ0v) is 14.0. The molecule has 0 unspecified atom stereocenters. The van der Waals surface area contributed by atoms with Crippen molar-refractivity contribution < 1.29 is 0 Å². The highest BCUT2D eigenvalue weighted by atomic mass is 35.5. The van der Waals surface area contributed by atoms with Crippen LogP contribution in [0.15, 0.2) is 53.9 Å². The summed E-state index contributed by atoms with van der Waals surface area (Å²) < 4.78 is 1.97. The highest BCUT2D eigenvalue weighted by molar-refractivity contribution is 7.98. The molecular formula is C17H16ClN3S. The molecule has 0 radical (unpaired) electrons. The summed E-state index contributed by atoms with van der Waals surface area (Å²) in [5.74, 6) is 0.866. The van der Waals surface area contributed by atoms with E-state index in [2.05, 4.69) is 41.4 Å². The van der Waals surface area contributed by atoms with Crippen LogP contribution in [0.2, 0.25) is 5.02 Å². The van der Waals surface area contributed by atoms with Crippen molar-refractivity contribution in [3.63, 3.8) is 0 Å². The molecule has 0 aliphatic heterocycles. The lowest BCUT2D eigenvalue weighted by Gasteiger charge is -2.09. The Bertz CT molecular complexity index is 798. The first-order valence-corrected chi connectivity index (χ1v) is 8.35. The zero-order chi connectivity index (χ0) is 15.5. The van der Waals surface area contributed by atoms with Gasteiger partial charge in [-0.1, -0.05) is 53.7 Å². The van der Waals surface area contributed by atoms with Gasteiger partial charge in [0.25, 0.3) is 0 Å². The molecule has 0 fully saturated rings. The largest absolute Gasteiger partial charge is 0.277 e. The molecule has 5 heteroatoms. The maximum absolute atomic E-state index is 6.22. The molecule has 0 N–H and O–H groups in total.